The van der Waals surface area contributed by atoms with Gasteiger partial charge in [0.1, 0.15) is 11.4 Å². The van der Waals surface area contributed by atoms with E-state index in [4.69, 9.17) is 4.42 Å². The minimum atomic E-state index is -3.54. The van der Waals surface area contributed by atoms with Crippen LogP contribution in [0.1, 0.15) is 10.5 Å². The number of para-hydroxylation sites is 1. The average molecular weight is 436 g/mol. The molecule has 0 unspecified atom stereocenters. The lowest BCUT2D eigenvalue weighted by atomic mass is 10.2. The Morgan fingerprint density at radius 3 is 2.32 bits per heavy atom. The van der Waals surface area contributed by atoms with Crippen molar-refractivity contribution in [1.82, 2.24) is 14.1 Å². The molecule has 0 fully saturated rings. The molecule has 0 atom stereocenters. The molecule has 0 radical (unpaired) electrons. The molecule has 2 aromatic carbocycles. The molecule has 158 valence electrons. The fourth-order valence-corrected chi connectivity index (χ4v) is 3.87. The van der Waals surface area contributed by atoms with Gasteiger partial charge in [-0.1, -0.05) is 18.2 Å². The molecule has 0 aliphatic carbocycles. The zero-order valence-electron chi connectivity index (χ0n) is 16.9. The number of nitrogens with one attached hydrogen (secondary N) is 1. The fraction of sp³-hybridized carbons (Fsp3) is 0.0909. The Hall–Kier alpha value is -3.69. The van der Waals surface area contributed by atoms with Crippen LogP contribution in [-0.4, -0.2) is 42.5 Å². The van der Waals surface area contributed by atoms with Crippen molar-refractivity contribution >= 4 is 21.6 Å². The van der Waals surface area contributed by atoms with Gasteiger partial charge in [-0.15, -0.1) is 0 Å². The van der Waals surface area contributed by atoms with Crippen molar-refractivity contribution in [1.29, 1.82) is 0 Å². The summed E-state index contributed by atoms with van der Waals surface area (Å²) in [7, 11) is -0.613. The summed E-state index contributed by atoms with van der Waals surface area (Å²) in [5.74, 6) is 0.152. The van der Waals surface area contributed by atoms with E-state index < -0.39 is 15.9 Å². The minimum absolute atomic E-state index is 0.143. The number of furan rings is 1. The Balaban J connectivity index is 1.65. The van der Waals surface area contributed by atoms with Crippen LogP contribution in [0.4, 0.5) is 5.69 Å². The summed E-state index contributed by atoms with van der Waals surface area (Å²) in [5.41, 5.74) is 2.01. The lowest BCUT2D eigenvalue weighted by molar-refractivity contribution is 0.101. The summed E-state index contributed by atoms with van der Waals surface area (Å²) in [4.78, 5) is 13.2. The minimum Gasteiger partial charge on any atom is -0.463 e. The molecule has 31 heavy (non-hydrogen) atoms. The van der Waals surface area contributed by atoms with Crippen molar-refractivity contribution < 1.29 is 17.6 Å². The van der Waals surface area contributed by atoms with Gasteiger partial charge >= 0.3 is 0 Å². The molecule has 0 spiro atoms. The van der Waals surface area contributed by atoms with E-state index in [1.54, 1.807) is 36.6 Å². The van der Waals surface area contributed by atoms with Crippen molar-refractivity contribution in [2.45, 2.75) is 4.90 Å². The van der Waals surface area contributed by atoms with Gasteiger partial charge < -0.3 is 9.73 Å². The molecule has 0 saturated carbocycles. The number of rotatable bonds is 6. The van der Waals surface area contributed by atoms with Crippen molar-refractivity contribution in [3.8, 4) is 17.1 Å². The summed E-state index contributed by atoms with van der Waals surface area (Å²) >= 11 is 0. The van der Waals surface area contributed by atoms with E-state index in [2.05, 4.69) is 10.4 Å². The lowest BCUT2D eigenvalue weighted by Gasteiger charge is -2.12. The quantitative estimate of drug-likeness (QED) is 0.498. The highest BCUT2D eigenvalue weighted by molar-refractivity contribution is 7.89. The zero-order valence-corrected chi connectivity index (χ0v) is 17.7. The smallest absolute Gasteiger partial charge is 0.274 e. The van der Waals surface area contributed by atoms with E-state index in [1.165, 1.54) is 30.9 Å². The normalized spacial score (nSPS) is 11.6. The van der Waals surface area contributed by atoms with Crippen LogP contribution in [0.25, 0.3) is 17.1 Å². The highest BCUT2D eigenvalue weighted by atomic mass is 32.2. The SMILES string of the molecule is CN(C)S(=O)(=O)c1ccc(NC(=O)c2cc(-c3ccco3)nn2-c2ccccc2)cc1. The van der Waals surface area contributed by atoms with Crippen LogP contribution in [0.5, 0.6) is 0 Å². The molecule has 8 nitrogen and oxygen atoms in total. The second-order valence-corrected chi connectivity index (χ2v) is 9.06. The standard InChI is InChI=1S/C22H20N4O4S/c1-25(2)31(28,29)18-12-10-16(11-13-18)23-22(27)20-15-19(21-9-6-14-30-21)24-26(20)17-7-4-3-5-8-17/h3-15H,1-2H3,(H,23,27). The second-order valence-electron chi connectivity index (χ2n) is 6.91. The Kier molecular flexibility index (Phi) is 5.45. The van der Waals surface area contributed by atoms with Crippen LogP contribution >= 0.6 is 0 Å². The lowest BCUT2D eigenvalue weighted by Crippen LogP contribution is -2.22. The number of hydrogen-bond donors (Lipinski definition) is 1. The van der Waals surface area contributed by atoms with Gasteiger partial charge in [-0.25, -0.2) is 17.4 Å². The van der Waals surface area contributed by atoms with Crippen LogP contribution in [0, 0.1) is 0 Å². The number of amides is 1. The Bertz CT molecular complexity index is 1290. The number of sulfonamides is 1. The highest BCUT2D eigenvalue weighted by Gasteiger charge is 2.20. The van der Waals surface area contributed by atoms with Gasteiger partial charge in [0.2, 0.25) is 10.0 Å². The van der Waals surface area contributed by atoms with E-state index >= 15 is 0 Å². The Morgan fingerprint density at radius 2 is 1.71 bits per heavy atom. The summed E-state index contributed by atoms with van der Waals surface area (Å²) in [6.45, 7) is 0. The van der Waals surface area contributed by atoms with E-state index in [0.29, 0.717) is 22.8 Å². The van der Waals surface area contributed by atoms with Gasteiger partial charge in [0.25, 0.3) is 5.91 Å². The second kappa shape index (κ2) is 8.21. The Morgan fingerprint density at radius 1 is 1.00 bits per heavy atom. The summed E-state index contributed by atoms with van der Waals surface area (Å²) in [6.07, 6.45) is 1.54. The van der Waals surface area contributed by atoms with Gasteiger partial charge in [0.15, 0.2) is 5.76 Å². The number of aromatic nitrogens is 2. The van der Waals surface area contributed by atoms with Crippen LogP contribution in [0.3, 0.4) is 0 Å². The van der Waals surface area contributed by atoms with Gasteiger partial charge in [0.05, 0.1) is 16.8 Å². The third-order valence-electron chi connectivity index (χ3n) is 4.61. The molecule has 4 rings (SSSR count). The third kappa shape index (κ3) is 4.14. The maximum absolute atomic E-state index is 13.1. The topological polar surface area (TPSA) is 97.4 Å². The first-order valence-electron chi connectivity index (χ1n) is 9.39. The first-order valence-corrected chi connectivity index (χ1v) is 10.8. The number of anilines is 1. The first-order chi connectivity index (χ1) is 14.9. The molecule has 2 aromatic heterocycles. The van der Waals surface area contributed by atoms with Gasteiger partial charge in [-0.3, -0.25) is 4.79 Å². The zero-order chi connectivity index (χ0) is 22.0. The van der Waals surface area contributed by atoms with Crippen molar-refractivity contribution in [2.24, 2.45) is 0 Å². The summed E-state index contributed by atoms with van der Waals surface area (Å²) in [5, 5.41) is 7.32. The maximum Gasteiger partial charge on any atom is 0.274 e. The molecule has 2 heterocycles. The van der Waals surface area contributed by atoms with Crippen molar-refractivity contribution in [2.75, 3.05) is 19.4 Å². The monoisotopic (exact) mass is 436 g/mol. The van der Waals surface area contributed by atoms with Crippen molar-refractivity contribution in [3.05, 3.63) is 84.8 Å². The van der Waals surface area contributed by atoms with Gasteiger partial charge in [0, 0.05) is 25.8 Å². The van der Waals surface area contributed by atoms with Crippen molar-refractivity contribution in [3.63, 3.8) is 0 Å². The van der Waals surface area contributed by atoms with E-state index in [1.807, 2.05) is 30.3 Å². The summed E-state index contributed by atoms with van der Waals surface area (Å²) < 4.78 is 32.5. The highest BCUT2D eigenvalue weighted by Crippen LogP contribution is 2.23. The van der Waals surface area contributed by atoms with Crippen LogP contribution < -0.4 is 5.32 Å². The number of nitrogens with zero attached hydrogens (tertiary/aromatic N) is 3. The first kappa shape index (κ1) is 20.6. The third-order valence-corrected chi connectivity index (χ3v) is 6.44. The van der Waals surface area contributed by atoms with Crippen LogP contribution in [0.2, 0.25) is 0 Å². The van der Waals surface area contributed by atoms with E-state index in [9.17, 15) is 13.2 Å². The van der Waals surface area contributed by atoms with Crippen LogP contribution in [0.15, 0.2) is 88.4 Å². The van der Waals surface area contributed by atoms with Crippen LogP contribution in [-0.2, 0) is 10.0 Å². The molecule has 0 aliphatic heterocycles. The molecule has 0 bridgehead atoms. The summed E-state index contributed by atoms with van der Waals surface area (Å²) in [6, 6.07) is 20.4. The maximum atomic E-state index is 13.1. The van der Waals surface area contributed by atoms with Gasteiger partial charge in [-0.2, -0.15) is 5.10 Å². The molecular formula is C22H20N4O4S. The molecule has 0 saturated heterocycles. The largest absolute Gasteiger partial charge is 0.463 e. The number of benzene rings is 2. The molecule has 9 heteroatoms. The molecular weight excluding hydrogens is 416 g/mol. The van der Waals surface area contributed by atoms with E-state index in [-0.39, 0.29) is 4.90 Å². The molecule has 4 aromatic rings. The molecule has 1 amide bonds. The van der Waals surface area contributed by atoms with E-state index in [0.717, 1.165) is 9.99 Å². The predicted octanol–water partition coefficient (Wildman–Crippen LogP) is 3.63. The molecule has 1 N–H and O–H groups in total. The van der Waals surface area contributed by atoms with Gasteiger partial charge in [-0.05, 0) is 48.5 Å². The Labute approximate surface area is 179 Å². The fourth-order valence-electron chi connectivity index (χ4n) is 2.97. The average Bonchev–Trinajstić information content (AvgIpc) is 3.45. The number of carbonyl (C=O) groups excluding carboxylic acids is 1. The number of carbonyl (C=O) groups is 1. The number of hydrogen-bond acceptors (Lipinski definition) is 5. The predicted molar refractivity (Wildman–Crippen MR) is 117 cm³/mol. The molecule has 0 aliphatic rings.